The number of ether oxygens (including phenoxy) is 1. The lowest BCUT2D eigenvalue weighted by molar-refractivity contribution is -0.0278. The highest BCUT2D eigenvalue weighted by molar-refractivity contribution is 7.90. The van der Waals surface area contributed by atoms with E-state index in [1.165, 1.54) is 17.2 Å². The minimum absolute atomic E-state index is 0.0588. The van der Waals surface area contributed by atoms with Gasteiger partial charge >= 0.3 is 0 Å². The van der Waals surface area contributed by atoms with E-state index in [2.05, 4.69) is 59.0 Å². The molecule has 1 atom stereocenters. The molecule has 1 unspecified atom stereocenters. The van der Waals surface area contributed by atoms with Crippen molar-refractivity contribution < 1.29 is 13.2 Å². The Kier molecular flexibility index (Phi) is 6.43. The summed E-state index contributed by atoms with van der Waals surface area (Å²) in [5.74, 6) is 0.531. The monoisotopic (exact) mass is 455 g/mol. The number of nitrogens with zero attached hydrogens (tertiary/aromatic N) is 2. The molecule has 0 spiro atoms. The molecule has 1 N–H and O–H groups in total. The molecule has 32 heavy (non-hydrogen) atoms. The van der Waals surface area contributed by atoms with E-state index >= 15 is 0 Å². The van der Waals surface area contributed by atoms with E-state index in [0.717, 1.165) is 40.3 Å². The summed E-state index contributed by atoms with van der Waals surface area (Å²) in [4.78, 5) is 10.4. The molecule has 1 aliphatic heterocycles. The summed E-state index contributed by atoms with van der Waals surface area (Å²) >= 11 is 0. The highest BCUT2D eigenvalue weighted by atomic mass is 32.2. The van der Waals surface area contributed by atoms with Crippen LogP contribution in [0, 0.1) is 13.8 Å². The zero-order chi connectivity index (χ0) is 23.0. The smallest absolute Gasteiger partial charge is 0.148 e. The molecule has 3 heterocycles. The molecule has 1 aliphatic rings. The second kappa shape index (κ2) is 8.96. The Hall–Kier alpha value is -2.22. The first-order valence-electron chi connectivity index (χ1n) is 11.2. The Balaban J connectivity index is 1.68. The summed E-state index contributed by atoms with van der Waals surface area (Å²) in [5.41, 5.74) is 7.90. The number of benzene rings is 1. The molecular weight excluding hydrogens is 422 g/mol. The Labute approximate surface area is 190 Å². The molecule has 1 fully saturated rings. The Morgan fingerprint density at radius 3 is 2.56 bits per heavy atom. The first-order chi connectivity index (χ1) is 15.1. The third-order valence-electron chi connectivity index (χ3n) is 6.11. The van der Waals surface area contributed by atoms with Gasteiger partial charge in [-0.05, 0) is 55.2 Å². The maximum absolute atomic E-state index is 11.6. The average Bonchev–Trinajstić information content (AvgIpc) is 3.10. The number of fused-ring (bicyclic) bond motifs is 1. The number of aromatic nitrogens is 2. The number of pyridine rings is 1. The second-order valence-corrected chi connectivity index (χ2v) is 11.6. The van der Waals surface area contributed by atoms with Gasteiger partial charge < -0.3 is 9.72 Å². The van der Waals surface area contributed by atoms with E-state index < -0.39 is 9.84 Å². The van der Waals surface area contributed by atoms with Gasteiger partial charge in [0.25, 0.3) is 0 Å². The number of morpholine rings is 1. The van der Waals surface area contributed by atoms with Crippen LogP contribution in [0.2, 0.25) is 0 Å². The largest absolute Gasteiger partial charge is 0.371 e. The molecule has 1 saturated heterocycles. The van der Waals surface area contributed by atoms with E-state index in [4.69, 9.17) is 4.74 Å². The summed E-state index contributed by atoms with van der Waals surface area (Å²) in [6.45, 7) is 11.1. The van der Waals surface area contributed by atoms with E-state index in [-0.39, 0.29) is 11.9 Å². The second-order valence-electron chi connectivity index (χ2n) is 9.30. The van der Waals surface area contributed by atoms with Crippen LogP contribution in [0.5, 0.6) is 0 Å². The van der Waals surface area contributed by atoms with Crippen LogP contribution in [0.3, 0.4) is 0 Å². The van der Waals surface area contributed by atoms with Gasteiger partial charge in [0.15, 0.2) is 0 Å². The zero-order valence-corrected chi connectivity index (χ0v) is 20.4. The summed E-state index contributed by atoms with van der Waals surface area (Å²) in [5, 5.41) is 1.22. The predicted molar refractivity (Wildman–Crippen MR) is 130 cm³/mol. The van der Waals surface area contributed by atoms with Gasteiger partial charge in [0.05, 0.1) is 24.2 Å². The summed E-state index contributed by atoms with van der Waals surface area (Å²) in [6, 6.07) is 10.8. The van der Waals surface area contributed by atoms with Crippen LogP contribution < -0.4 is 0 Å². The van der Waals surface area contributed by atoms with E-state index in [0.29, 0.717) is 25.6 Å². The predicted octanol–water partition coefficient (Wildman–Crippen LogP) is 4.39. The third-order valence-corrected chi connectivity index (χ3v) is 7.04. The molecule has 0 bridgehead atoms. The SMILES string of the molecule is Cc1cc(-c2[nH]c3ccc(C4CN(CCS(C)(=O)=O)CCO4)cc3c2C(C)C)cc(C)n1. The van der Waals surface area contributed by atoms with Crippen molar-refractivity contribution in [3.63, 3.8) is 0 Å². The fourth-order valence-electron chi connectivity index (χ4n) is 4.64. The van der Waals surface area contributed by atoms with Crippen LogP contribution in [0.4, 0.5) is 0 Å². The van der Waals surface area contributed by atoms with Gasteiger partial charge in [-0.15, -0.1) is 0 Å². The number of hydrogen-bond acceptors (Lipinski definition) is 5. The molecule has 6 nitrogen and oxygen atoms in total. The first kappa shape index (κ1) is 23.0. The number of rotatable bonds is 6. The standard InChI is InChI=1S/C25H33N3O3S/c1-16(2)24-21-14-19(23-15-28(8-10-31-23)9-11-32(5,29)30)6-7-22(21)27-25(24)20-12-17(3)26-18(4)13-20/h6-7,12-14,16,23,27H,8-11,15H2,1-5H3. The van der Waals surface area contributed by atoms with Gasteiger partial charge in [-0.1, -0.05) is 19.9 Å². The maximum Gasteiger partial charge on any atom is 0.148 e. The van der Waals surface area contributed by atoms with Crippen molar-refractivity contribution in [2.45, 2.75) is 39.7 Å². The molecule has 2 aromatic heterocycles. The van der Waals surface area contributed by atoms with Gasteiger partial charge in [0.2, 0.25) is 0 Å². The van der Waals surface area contributed by atoms with Crippen LogP contribution in [0.25, 0.3) is 22.2 Å². The highest BCUT2D eigenvalue weighted by Gasteiger charge is 2.24. The molecule has 0 amide bonds. The fraction of sp³-hybridized carbons (Fsp3) is 0.480. The highest BCUT2D eigenvalue weighted by Crippen LogP contribution is 2.37. The summed E-state index contributed by atoms with van der Waals surface area (Å²) in [7, 11) is -2.97. The van der Waals surface area contributed by atoms with Crippen molar-refractivity contribution in [1.82, 2.24) is 14.9 Å². The Morgan fingerprint density at radius 1 is 1.19 bits per heavy atom. The van der Waals surface area contributed by atoms with Crippen LogP contribution >= 0.6 is 0 Å². The van der Waals surface area contributed by atoms with Crippen molar-refractivity contribution in [2.75, 3.05) is 38.2 Å². The lowest BCUT2D eigenvalue weighted by Gasteiger charge is -2.33. The van der Waals surface area contributed by atoms with Gasteiger partial charge in [0, 0.05) is 53.7 Å². The van der Waals surface area contributed by atoms with Crippen molar-refractivity contribution >= 4 is 20.7 Å². The van der Waals surface area contributed by atoms with Crippen LogP contribution in [0.15, 0.2) is 30.3 Å². The van der Waals surface area contributed by atoms with Crippen LogP contribution in [-0.2, 0) is 14.6 Å². The number of aromatic amines is 1. The van der Waals surface area contributed by atoms with E-state index in [1.54, 1.807) is 0 Å². The quantitative estimate of drug-likeness (QED) is 0.597. The number of H-pyrrole nitrogens is 1. The van der Waals surface area contributed by atoms with Crippen LogP contribution in [0.1, 0.15) is 48.4 Å². The summed E-state index contributed by atoms with van der Waals surface area (Å²) < 4.78 is 29.2. The van der Waals surface area contributed by atoms with Crippen LogP contribution in [-0.4, -0.2) is 61.5 Å². The van der Waals surface area contributed by atoms with Crippen molar-refractivity contribution in [3.05, 3.63) is 52.8 Å². The minimum atomic E-state index is -2.97. The van der Waals surface area contributed by atoms with Crippen molar-refractivity contribution in [3.8, 4) is 11.3 Å². The van der Waals surface area contributed by atoms with E-state index in [9.17, 15) is 8.42 Å². The Bertz CT molecular complexity index is 1210. The molecule has 0 saturated carbocycles. The van der Waals surface area contributed by atoms with Gasteiger partial charge in [-0.2, -0.15) is 0 Å². The third kappa shape index (κ3) is 5.05. The van der Waals surface area contributed by atoms with Gasteiger partial charge in [-0.25, -0.2) is 8.42 Å². The number of sulfone groups is 1. The molecule has 1 aromatic carbocycles. The molecule has 0 aliphatic carbocycles. The number of aryl methyl sites for hydroxylation is 2. The zero-order valence-electron chi connectivity index (χ0n) is 19.6. The average molecular weight is 456 g/mol. The van der Waals surface area contributed by atoms with Gasteiger partial charge in [0.1, 0.15) is 9.84 Å². The van der Waals surface area contributed by atoms with E-state index in [1.807, 2.05) is 13.8 Å². The normalized spacial score (nSPS) is 18.0. The number of nitrogens with one attached hydrogen (secondary N) is 1. The first-order valence-corrected chi connectivity index (χ1v) is 13.3. The molecule has 3 aromatic rings. The van der Waals surface area contributed by atoms with Crippen molar-refractivity contribution in [1.29, 1.82) is 0 Å². The molecule has 0 radical (unpaired) electrons. The minimum Gasteiger partial charge on any atom is -0.371 e. The van der Waals surface area contributed by atoms with Gasteiger partial charge in [-0.3, -0.25) is 9.88 Å². The lowest BCUT2D eigenvalue weighted by atomic mass is 9.94. The molecule has 4 rings (SSSR count). The maximum atomic E-state index is 11.6. The molecule has 172 valence electrons. The fourth-order valence-corrected chi connectivity index (χ4v) is 5.23. The molecular formula is C25H33N3O3S. The molecule has 7 heteroatoms. The topological polar surface area (TPSA) is 75.3 Å². The lowest BCUT2D eigenvalue weighted by Crippen LogP contribution is -2.40. The Morgan fingerprint density at radius 2 is 1.91 bits per heavy atom. The summed E-state index contributed by atoms with van der Waals surface area (Å²) in [6.07, 6.45) is 1.23. The number of hydrogen-bond donors (Lipinski definition) is 1. The van der Waals surface area contributed by atoms with Crippen molar-refractivity contribution in [2.24, 2.45) is 0 Å².